The highest BCUT2D eigenvalue weighted by atomic mass is 16.3. The smallest absolute Gasteiger partial charge is 0.181 e. The maximum absolute atomic E-state index is 5.59. The van der Waals surface area contributed by atoms with E-state index in [1.165, 1.54) is 12.0 Å². The molecule has 1 atom stereocenters. The number of aryl methyl sites for hydroxylation is 2. The van der Waals surface area contributed by atoms with E-state index >= 15 is 0 Å². The predicted molar refractivity (Wildman–Crippen MR) is 82.2 cm³/mol. The Bertz CT molecular complexity index is 729. The molecule has 0 radical (unpaired) electrons. The summed E-state index contributed by atoms with van der Waals surface area (Å²) < 4.78 is 10.9. The number of benzene rings is 1. The minimum atomic E-state index is 0.174. The largest absolute Gasteiger partial charge is 0.466 e. The summed E-state index contributed by atoms with van der Waals surface area (Å²) in [5, 5.41) is 3.49. The number of oxazole rings is 1. The lowest BCUT2D eigenvalue weighted by atomic mass is 10.1. The van der Waals surface area contributed by atoms with Crippen LogP contribution in [-0.2, 0) is 0 Å². The van der Waals surface area contributed by atoms with Gasteiger partial charge in [0.25, 0.3) is 0 Å². The number of rotatable bonds is 4. The Morgan fingerprint density at radius 3 is 2.71 bits per heavy atom. The van der Waals surface area contributed by atoms with Crippen molar-refractivity contribution < 1.29 is 8.83 Å². The number of aromatic nitrogens is 1. The fraction of sp³-hybridized carbons (Fsp3) is 0.235. The molecule has 0 saturated heterocycles. The summed E-state index contributed by atoms with van der Waals surface area (Å²) in [6, 6.07) is 10.3. The van der Waals surface area contributed by atoms with Gasteiger partial charge in [0.1, 0.15) is 11.5 Å². The van der Waals surface area contributed by atoms with E-state index in [1.54, 1.807) is 6.20 Å². The molecule has 3 aromatic rings. The van der Waals surface area contributed by atoms with Crippen LogP contribution in [0.25, 0.3) is 11.3 Å². The molecule has 1 unspecified atom stereocenters. The van der Waals surface area contributed by atoms with Crippen LogP contribution in [0, 0.1) is 13.8 Å². The zero-order chi connectivity index (χ0) is 14.8. The third-order valence-corrected chi connectivity index (χ3v) is 3.51. The highest BCUT2D eigenvalue weighted by Gasteiger charge is 2.13. The van der Waals surface area contributed by atoms with Gasteiger partial charge in [-0.3, -0.25) is 0 Å². The molecule has 0 amide bonds. The third-order valence-electron chi connectivity index (χ3n) is 3.51. The number of hydrogen-bond acceptors (Lipinski definition) is 4. The predicted octanol–water partition coefficient (Wildman–Crippen LogP) is 4.72. The summed E-state index contributed by atoms with van der Waals surface area (Å²) in [4.78, 5) is 3.95. The first kappa shape index (κ1) is 13.5. The van der Waals surface area contributed by atoms with E-state index in [4.69, 9.17) is 8.83 Å². The molecular formula is C17H18N2O2. The van der Waals surface area contributed by atoms with Crippen LogP contribution in [0.2, 0.25) is 0 Å². The Morgan fingerprint density at radius 1 is 1.19 bits per heavy atom. The van der Waals surface area contributed by atoms with Crippen LogP contribution in [0.4, 0.5) is 5.69 Å². The van der Waals surface area contributed by atoms with Gasteiger partial charge < -0.3 is 14.2 Å². The SMILES string of the molecule is Cc1cc(C(C)Nc2cccc(-c3cnco3)c2)c(C)o1. The molecule has 4 heteroatoms. The van der Waals surface area contributed by atoms with E-state index in [0.717, 1.165) is 28.5 Å². The van der Waals surface area contributed by atoms with E-state index in [-0.39, 0.29) is 6.04 Å². The van der Waals surface area contributed by atoms with Crippen LogP contribution < -0.4 is 5.32 Å². The maximum atomic E-state index is 5.59. The maximum Gasteiger partial charge on any atom is 0.181 e. The number of hydrogen-bond donors (Lipinski definition) is 1. The van der Waals surface area contributed by atoms with Crippen LogP contribution in [0.5, 0.6) is 0 Å². The number of nitrogens with zero attached hydrogens (tertiary/aromatic N) is 1. The first-order chi connectivity index (χ1) is 10.1. The highest BCUT2D eigenvalue weighted by molar-refractivity contribution is 5.63. The molecule has 2 heterocycles. The fourth-order valence-electron chi connectivity index (χ4n) is 2.53. The molecule has 3 rings (SSSR count). The van der Waals surface area contributed by atoms with Crippen molar-refractivity contribution in [1.29, 1.82) is 0 Å². The second-order valence-electron chi connectivity index (χ2n) is 5.18. The lowest BCUT2D eigenvalue weighted by Gasteiger charge is -2.15. The second kappa shape index (κ2) is 5.48. The van der Waals surface area contributed by atoms with E-state index in [2.05, 4.69) is 29.4 Å². The van der Waals surface area contributed by atoms with Crippen LogP contribution in [0.15, 0.2) is 51.8 Å². The van der Waals surface area contributed by atoms with Gasteiger partial charge in [-0.25, -0.2) is 4.98 Å². The fourth-order valence-corrected chi connectivity index (χ4v) is 2.53. The van der Waals surface area contributed by atoms with Crippen molar-refractivity contribution >= 4 is 5.69 Å². The zero-order valence-electron chi connectivity index (χ0n) is 12.4. The van der Waals surface area contributed by atoms with Crippen molar-refractivity contribution in [2.45, 2.75) is 26.8 Å². The standard InChI is InChI=1S/C17H18N2O2/c1-11-7-16(13(3)21-11)12(2)19-15-6-4-5-14(8-15)17-9-18-10-20-17/h4-10,12,19H,1-3H3. The first-order valence-corrected chi connectivity index (χ1v) is 6.96. The molecule has 2 aromatic heterocycles. The molecule has 0 fully saturated rings. The first-order valence-electron chi connectivity index (χ1n) is 6.96. The van der Waals surface area contributed by atoms with Crippen LogP contribution >= 0.6 is 0 Å². The number of furan rings is 1. The van der Waals surface area contributed by atoms with Crippen molar-refractivity contribution in [3.63, 3.8) is 0 Å². The molecule has 0 aliphatic heterocycles. The summed E-state index contributed by atoms with van der Waals surface area (Å²) in [7, 11) is 0. The second-order valence-corrected chi connectivity index (χ2v) is 5.18. The van der Waals surface area contributed by atoms with Crippen molar-refractivity contribution in [1.82, 2.24) is 4.98 Å². The summed E-state index contributed by atoms with van der Waals surface area (Å²) in [6.07, 6.45) is 3.15. The molecule has 0 bridgehead atoms. The van der Waals surface area contributed by atoms with Gasteiger partial charge in [0.2, 0.25) is 0 Å². The summed E-state index contributed by atoms with van der Waals surface area (Å²) in [5.74, 6) is 2.66. The Morgan fingerprint density at radius 2 is 2.05 bits per heavy atom. The monoisotopic (exact) mass is 282 g/mol. The topological polar surface area (TPSA) is 51.2 Å². The molecule has 108 valence electrons. The lowest BCUT2D eigenvalue weighted by Crippen LogP contribution is -2.06. The van der Waals surface area contributed by atoms with Gasteiger partial charge in [-0.15, -0.1) is 0 Å². The van der Waals surface area contributed by atoms with Crippen LogP contribution in [0.1, 0.15) is 30.0 Å². The summed E-state index contributed by atoms with van der Waals surface area (Å²) in [5.41, 5.74) is 3.22. The molecule has 0 aliphatic rings. The average Bonchev–Trinajstić information content (AvgIpc) is 3.08. The van der Waals surface area contributed by atoms with E-state index in [9.17, 15) is 0 Å². The Balaban J connectivity index is 1.82. The molecule has 1 aromatic carbocycles. The molecule has 1 N–H and O–H groups in total. The minimum absolute atomic E-state index is 0.174. The van der Waals surface area contributed by atoms with Crippen molar-refractivity contribution in [2.24, 2.45) is 0 Å². The van der Waals surface area contributed by atoms with Gasteiger partial charge in [-0.05, 0) is 39.0 Å². The van der Waals surface area contributed by atoms with Crippen molar-refractivity contribution in [3.8, 4) is 11.3 Å². The molecule has 21 heavy (non-hydrogen) atoms. The number of nitrogens with one attached hydrogen (secondary N) is 1. The van der Waals surface area contributed by atoms with Gasteiger partial charge in [0, 0.05) is 16.8 Å². The van der Waals surface area contributed by atoms with E-state index in [1.807, 2.05) is 32.0 Å². The van der Waals surface area contributed by atoms with Gasteiger partial charge >= 0.3 is 0 Å². The molecular weight excluding hydrogens is 264 g/mol. The Hall–Kier alpha value is -2.49. The normalized spacial score (nSPS) is 12.3. The third kappa shape index (κ3) is 2.84. The van der Waals surface area contributed by atoms with Gasteiger partial charge in [-0.2, -0.15) is 0 Å². The molecule has 0 saturated carbocycles. The Labute approximate surface area is 123 Å². The van der Waals surface area contributed by atoms with Crippen LogP contribution in [0.3, 0.4) is 0 Å². The van der Waals surface area contributed by atoms with Crippen molar-refractivity contribution in [3.05, 3.63) is 60.0 Å². The minimum Gasteiger partial charge on any atom is -0.466 e. The average molecular weight is 282 g/mol. The van der Waals surface area contributed by atoms with Crippen molar-refractivity contribution in [2.75, 3.05) is 5.32 Å². The lowest BCUT2D eigenvalue weighted by molar-refractivity contribution is 0.500. The Kier molecular flexibility index (Phi) is 3.52. The van der Waals surface area contributed by atoms with Crippen LogP contribution in [-0.4, -0.2) is 4.98 Å². The molecule has 4 nitrogen and oxygen atoms in total. The molecule has 0 spiro atoms. The van der Waals surface area contributed by atoms with E-state index in [0.29, 0.717) is 0 Å². The quantitative estimate of drug-likeness (QED) is 0.752. The van der Waals surface area contributed by atoms with Gasteiger partial charge in [0.15, 0.2) is 12.2 Å². The number of anilines is 1. The van der Waals surface area contributed by atoms with Gasteiger partial charge in [-0.1, -0.05) is 12.1 Å². The zero-order valence-corrected chi connectivity index (χ0v) is 12.4. The summed E-state index contributed by atoms with van der Waals surface area (Å²) >= 11 is 0. The molecule has 0 aliphatic carbocycles. The van der Waals surface area contributed by atoms with E-state index < -0.39 is 0 Å². The van der Waals surface area contributed by atoms with Gasteiger partial charge in [0.05, 0.1) is 12.2 Å². The highest BCUT2D eigenvalue weighted by Crippen LogP contribution is 2.27. The summed E-state index contributed by atoms with van der Waals surface area (Å²) in [6.45, 7) is 6.08.